The first kappa shape index (κ1) is 20.3. The van der Waals surface area contributed by atoms with Crippen molar-refractivity contribution in [3.8, 4) is 0 Å². The first-order chi connectivity index (χ1) is 14.1. The van der Waals surface area contributed by atoms with Crippen molar-refractivity contribution in [2.45, 2.75) is 62.3 Å². The molecule has 0 aliphatic heterocycles. The Bertz CT molecular complexity index is 1350. The van der Waals surface area contributed by atoms with Crippen LogP contribution in [0.2, 0.25) is 0 Å². The largest absolute Gasteiger partial charge is 0.355 e. The SMILES string of the molecule is Cc1cc(C)c(Nc2c(C)c(C)c3nc4c(C)cc(C)c(C)c4nc3c2C)cc1C. The molecule has 0 aliphatic rings. The number of hydrogen-bond donors (Lipinski definition) is 1. The van der Waals surface area contributed by atoms with Gasteiger partial charge in [0.2, 0.25) is 0 Å². The summed E-state index contributed by atoms with van der Waals surface area (Å²) in [6.45, 7) is 19.4. The molecule has 0 saturated carbocycles. The first-order valence-corrected chi connectivity index (χ1v) is 10.6. The van der Waals surface area contributed by atoms with Crippen LogP contribution in [0.4, 0.5) is 11.4 Å². The van der Waals surface area contributed by atoms with E-state index < -0.39 is 0 Å². The minimum atomic E-state index is 0.989. The number of aromatic nitrogens is 2. The number of fused-ring (bicyclic) bond motifs is 2. The highest BCUT2D eigenvalue weighted by molar-refractivity contribution is 5.96. The van der Waals surface area contributed by atoms with Gasteiger partial charge < -0.3 is 5.32 Å². The van der Waals surface area contributed by atoms with Crippen LogP contribution in [0.5, 0.6) is 0 Å². The van der Waals surface area contributed by atoms with Crippen LogP contribution in [-0.2, 0) is 0 Å². The molecule has 154 valence electrons. The lowest BCUT2D eigenvalue weighted by atomic mass is 9.98. The Labute approximate surface area is 179 Å². The molecule has 3 heteroatoms. The molecule has 4 aromatic rings. The third kappa shape index (κ3) is 3.04. The van der Waals surface area contributed by atoms with Gasteiger partial charge in [-0.1, -0.05) is 12.1 Å². The van der Waals surface area contributed by atoms with Crippen LogP contribution in [0.3, 0.4) is 0 Å². The summed E-state index contributed by atoms with van der Waals surface area (Å²) >= 11 is 0. The van der Waals surface area contributed by atoms with Crippen molar-refractivity contribution in [1.29, 1.82) is 0 Å². The average molecular weight is 398 g/mol. The van der Waals surface area contributed by atoms with Gasteiger partial charge >= 0.3 is 0 Å². The Morgan fingerprint density at radius 1 is 0.467 bits per heavy atom. The van der Waals surface area contributed by atoms with Crippen molar-refractivity contribution in [3.63, 3.8) is 0 Å². The monoisotopic (exact) mass is 397 g/mol. The summed E-state index contributed by atoms with van der Waals surface area (Å²) in [5.74, 6) is 0. The lowest BCUT2D eigenvalue weighted by molar-refractivity contribution is 1.23. The zero-order chi connectivity index (χ0) is 21.9. The normalized spacial score (nSPS) is 11.5. The van der Waals surface area contributed by atoms with Crippen molar-refractivity contribution in [1.82, 2.24) is 9.97 Å². The Balaban J connectivity index is 2.01. The number of hydrogen-bond acceptors (Lipinski definition) is 3. The third-order valence-electron chi connectivity index (χ3n) is 6.77. The summed E-state index contributed by atoms with van der Waals surface area (Å²) in [4.78, 5) is 10.3. The van der Waals surface area contributed by atoms with Crippen LogP contribution in [0.15, 0.2) is 18.2 Å². The predicted octanol–water partition coefficient (Wildman–Crippen LogP) is 7.30. The maximum atomic E-state index is 5.15. The molecule has 0 radical (unpaired) electrons. The number of aryl methyl sites for hydroxylation is 8. The van der Waals surface area contributed by atoms with Gasteiger partial charge in [0, 0.05) is 16.9 Å². The topological polar surface area (TPSA) is 37.8 Å². The molecule has 1 N–H and O–H groups in total. The molecule has 4 rings (SSSR count). The van der Waals surface area contributed by atoms with Gasteiger partial charge in [-0.05, 0) is 113 Å². The first-order valence-electron chi connectivity index (χ1n) is 10.6. The second-order valence-corrected chi connectivity index (χ2v) is 8.88. The van der Waals surface area contributed by atoms with Gasteiger partial charge in [0.15, 0.2) is 0 Å². The van der Waals surface area contributed by atoms with E-state index in [0.717, 1.165) is 39.0 Å². The van der Waals surface area contributed by atoms with Crippen molar-refractivity contribution in [2.24, 2.45) is 0 Å². The number of nitrogens with zero attached hydrogens (tertiary/aromatic N) is 2. The van der Waals surface area contributed by atoms with Crippen LogP contribution >= 0.6 is 0 Å². The van der Waals surface area contributed by atoms with Crippen LogP contribution in [-0.4, -0.2) is 9.97 Å². The predicted molar refractivity (Wildman–Crippen MR) is 129 cm³/mol. The summed E-state index contributed by atoms with van der Waals surface area (Å²) in [5.41, 5.74) is 17.4. The molecular formula is C27H31N3. The Morgan fingerprint density at radius 2 is 1.00 bits per heavy atom. The van der Waals surface area contributed by atoms with E-state index in [-0.39, 0.29) is 0 Å². The van der Waals surface area contributed by atoms with E-state index in [1.54, 1.807) is 0 Å². The maximum absolute atomic E-state index is 5.15. The molecule has 3 aromatic carbocycles. The number of benzene rings is 3. The summed E-state index contributed by atoms with van der Waals surface area (Å²) < 4.78 is 0. The molecule has 0 atom stereocenters. The molecule has 1 aromatic heterocycles. The average Bonchev–Trinajstić information content (AvgIpc) is 2.70. The Morgan fingerprint density at radius 3 is 1.70 bits per heavy atom. The van der Waals surface area contributed by atoms with Crippen LogP contribution in [0, 0.1) is 62.3 Å². The molecule has 0 fully saturated rings. The van der Waals surface area contributed by atoms with Crippen molar-refractivity contribution < 1.29 is 0 Å². The summed E-state index contributed by atoms with van der Waals surface area (Å²) in [7, 11) is 0. The van der Waals surface area contributed by atoms with Gasteiger partial charge in [-0.3, -0.25) is 0 Å². The second-order valence-electron chi connectivity index (χ2n) is 8.88. The third-order valence-corrected chi connectivity index (χ3v) is 6.77. The molecule has 0 unspecified atom stereocenters. The maximum Gasteiger partial charge on any atom is 0.0947 e. The van der Waals surface area contributed by atoms with Gasteiger partial charge in [-0.2, -0.15) is 0 Å². The standard InChI is InChI=1S/C27H31N3/c1-13-10-16(4)22(12-14(13)2)28-24-19(7)20(8)26-27(21(24)9)30-25-18(6)15(3)11-17(5)23(25)29-26/h10-12,28H,1-9H3. The molecule has 0 spiro atoms. The fourth-order valence-electron chi connectivity index (χ4n) is 4.36. The van der Waals surface area contributed by atoms with Gasteiger partial charge in [-0.25, -0.2) is 9.97 Å². The molecule has 30 heavy (non-hydrogen) atoms. The molecule has 0 amide bonds. The van der Waals surface area contributed by atoms with Crippen LogP contribution in [0.25, 0.3) is 22.1 Å². The minimum absolute atomic E-state index is 0.989. The van der Waals surface area contributed by atoms with Gasteiger partial charge in [0.1, 0.15) is 0 Å². The molecule has 0 aliphatic carbocycles. The molecule has 3 nitrogen and oxygen atoms in total. The van der Waals surface area contributed by atoms with Crippen molar-refractivity contribution in [2.75, 3.05) is 5.32 Å². The quantitative estimate of drug-likeness (QED) is 0.361. The van der Waals surface area contributed by atoms with E-state index in [9.17, 15) is 0 Å². The number of rotatable bonds is 2. The summed E-state index contributed by atoms with van der Waals surface area (Å²) in [6, 6.07) is 6.70. The Hall–Kier alpha value is -2.94. The van der Waals surface area contributed by atoms with E-state index in [4.69, 9.17) is 9.97 Å². The number of nitrogens with one attached hydrogen (secondary N) is 1. The smallest absolute Gasteiger partial charge is 0.0947 e. The zero-order valence-electron chi connectivity index (χ0n) is 19.6. The van der Waals surface area contributed by atoms with Gasteiger partial charge in [-0.15, -0.1) is 0 Å². The van der Waals surface area contributed by atoms with Gasteiger partial charge in [0.25, 0.3) is 0 Å². The summed E-state index contributed by atoms with van der Waals surface area (Å²) in [6.07, 6.45) is 0. The van der Waals surface area contributed by atoms with Crippen molar-refractivity contribution >= 4 is 33.4 Å². The zero-order valence-corrected chi connectivity index (χ0v) is 19.6. The molecule has 0 bridgehead atoms. The van der Waals surface area contributed by atoms with E-state index in [2.05, 4.69) is 85.8 Å². The molecular weight excluding hydrogens is 366 g/mol. The lowest BCUT2D eigenvalue weighted by Crippen LogP contribution is -2.05. The molecule has 0 saturated heterocycles. The highest BCUT2D eigenvalue weighted by Crippen LogP contribution is 2.36. The van der Waals surface area contributed by atoms with Crippen LogP contribution < -0.4 is 5.32 Å². The van der Waals surface area contributed by atoms with Crippen LogP contribution in [0.1, 0.15) is 50.1 Å². The van der Waals surface area contributed by atoms with E-state index in [0.29, 0.717) is 0 Å². The van der Waals surface area contributed by atoms with E-state index in [1.807, 2.05) is 0 Å². The molecule has 1 heterocycles. The lowest BCUT2D eigenvalue weighted by Gasteiger charge is -2.20. The van der Waals surface area contributed by atoms with E-state index in [1.165, 1.54) is 44.5 Å². The highest BCUT2D eigenvalue weighted by Gasteiger charge is 2.18. The van der Waals surface area contributed by atoms with Gasteiger partial charge in [0.05, 0.1) is 22.1 Å². The fraction of sp³-hybridized carbons (Fsp3) is 0.333. The van der Waals surface area contributed by atoms with E-state index >= 15 is 0 Å². The number of anilines is 2. The highest BCUT2D eigenvalue weighted by atomic mass is 14.9. The fourth-order valence-corrected chi connectivity index (χ4v) is 4.36. The minimum Gasteiger partial charge on any atom is -0.355 e. The van der Waals surface area contributed by atoms with Crippen molar-refractivity contribution in [3.05, 3.63) is 68.3 Å². The second kappa shape index (κ2) is 7.09. The Kier molecular flexibility index (Phi) is 4.80. The summed E-state index contributed by atoms with van der Waals surface area (Å²) in [5, 5.41) is 3.73.